The Morgan fingerprint density at radius 2 is 1.55 bits per heavy atom. The molecular formula is C20H39N5O5S. The highest BCUT2D eigenvalue weighted by atomic mass is 32.2. The smallest absolute Gasteiger partial charge is 0.326 e. The van der Waals surface area contributed by atoms with Crippen molar-refractivity contribution in [3.8, 4) is 0 Å². The molecule has 31 heavy (non-hydrogen) atoms. The molecule has 0 heterocycles. The predicted molar refractivity (Wildman–Crippen MR) is 122 cm³/mol. The third-order valence-electron chi connectivity index (χ3n) is 5.12. The number of carboxylic acid groups (broad SMARTS) is 1. The van der Waals surface area contributed by atoms with Crippen LogP contribution in [0.15, 0.2) is 0 Å². The van der Waals surface area contributed by atoms with Gasteiger partial charge in [-0.2, -0.15) is 11.8 Å². The van der Waals surface area contributed by atoms with Gasteiger partial charge in [-0.1, -0.05) is 20.3 Å². The number of rotatable bonds is 16. The maximum atomic E-state index is 12.7. The van der Waals surface area contributed by atoms with Crippen LogP contribution in [0.5, 0.6) is 0 Å². The maximum absolute atomic E-state index is 12.7. The van der Waals surface area contributed by atoms with Gasteiger partial charge in [-0.05, 0) is 57.1 Å². The van der Waals surface area contributed by atoms with Crippen LogP contribution in [0.4, 0.5) is 0 Å². The summed E-state index contributed by atoms with van der Waals surface area (Å²) in [5.74, 6) is -2.17. The summed E-state index contributed by atoms with van der Waals surface area (Å²) in [5, 5.41) is 16.9. The van der Waals surface area contributed by atoms with Gasteiger partial charge in [0, 0.05) is 0 Å². The van der Waals surface area contributed by atoms with E-state index in [4.69, 9.17) is 11.5 Å². The number of thioether (sulfide) groups is 1. The van der Waals surface area contributed by atoms with Gasteiger partial charge in [0.05, 0.1) is 6.04 Å². The molecule has 0 aliphatic rings. The molecule has 0 saturated carbocycles. The molecule has 0 radical (unpaired) electrons. The van der Waals surface area contributed by atoms with Crippen molar-refractivity contribution in [2.24, 2.45) is 17.4 Å². The van der Waals surface area contributed by atoms with Crippen molar-refractivity contribution in [3.05, 3.63) is 0 Å². The van der Waals surface area contributed by atoms with E-state index < -0.39 is 47.9 Å². The molecule has 0 bridgehead atoms. The number of unbranched alkanes of at least 4 members (excludes halogenated alkanes) is 1. The van der Waals surface area contributed by atoms with Gasteiger partial charge in [-0.25, -0.2) is 4.79 Å². The van der Waals surface area contributed by atoms with E-state index >= 15 is 0 Å². The first-order valence-corrected chi connectivity index (χ1v) is 12.1. The van der Waals surface area contributed by atoms with Crippen LogP contribution in [0.3, 0.4) is 0 Å². The monoisotopic (exact) mass is 461 g/mol. The third-order valence-corrected chi connectivity index (χ3v) is 5.76. The largest absolute Gasteiger partial charge is 0.480 e. The average Bonchev–Trinajstić information content (AvgIpc) is 2.73. The Balaban J connectivity index is 5.06. The lowest BCUT2D eigenvalue weighted by Crippen LogP contribution is -2.57. The standard InChI is InChI=1S/C20H39N5O5S/c1-5-12(2)16(22)19(28)24-14(8-6-7-10-21)18(27)23-13(3)17(26)25-15(20(29)30)9-11-31-4/h12-16H,5-11,21-22H2,1-4H3,(H,23,27)(H,24,28)(H,25,26)(H,29,30). The normalized spacial score (nSPS) is 15.8. The molecule has 8 N–H and O–H groups in total. The quantitative estimate of drug-likeness (QED) is 0.171. The zero-order valence-electron chi connectivity index (χ0n) is 19.0. The van der Waals surface area contributed by atoms with Gasteiger partial charge >= 0.3 is 5.97 Å². The summed E-state index contributed by atoms with van der Waals surface area (Å²) in [6, 6.07) is -3.62. The fourth-order valence-corrected chi connectivity index (χ4v) is 3.18. The molecule has 0 aromatic heterocycles. The van der Waals surface area contributed by atoms with Crippen LogP contribution in [-0.2, 0) is 19.2 Å². The third kappa shape index (κ3) is 11.4. The summed E-state index contributed by atoms with van der Waals surface area (Å²) in [6.45, 7) is 5.70. The molecule has 3 amide bonds. The first-order chi connectivity index (χ1) is 14.6. The first-order valence-electron chi connectivity index (χ1n) is 10.7. The van der Waals surface area contributed by atoms with Gasteiger partial charge < -0.3 is 32.5 Å². The summed E-state index contributed by atoms with van der Waals surface area (Å²) in [6.07, 6.45) is 4.48. The molecule has 5 atom stereocenters. The topological polar surface area (TPSA) is 177 Å². The molecule has 0 aromatic rings. The number of hydrogen-bond donors (Lipinski definition) is 6. The summed E-state index contributed by atoms with van der Waals surface area (Å²) in [5.41, 5.74) is 11.5. The molecule has 0 fully saturated rings. The van der Waals surface area contributed by atoms with Crippen LogP contribution < -0.4 is 27.4 Å². The number of carbonyl (C=O) groups is 4. The van der Waals surface area contributed by atoms with Crippen LogP contribution >= 0.6 is 11.8 Å². The number of carbonyl (C=O) groups excluding carboxylic acids is 3. The van der Waals surface area contributed by atoms with Crippen molar-refractivity contribution in [2.75, 3.05) is 18.6 Å². The van der Waals surface area contributed by atoms with Crippen molar-refractivity contribution in [2.45, 2.75) is 77.0 Å². The van der Waals surface area contributed by atoms with E-state index in [9.17, 15) is 24.3 Å². The summed E-state index contributed by atoms with van der Waals surface area (Å²) >= 11 is 1.47. The van der Waals surface area contributed by atoms with Gasteiger partial charge in [0.2, 0.25) is 17.7 Å². The average molecular weight is 462 g/mol. The highest BCUT2D eigenvalue weighted by Crippen LogP contribution is 2.08. The Kier molecular flexibility index (Phi) is 14.9. The highest BCUT2D eigenvalue weighted by Gasteiger charge is 2.29. The summed E-state index contributed by atoms with van der Waals surface area (Å²) in [7, 11) is 0. The molecule has 0 rings (SSSR count). The van der Waals surface area contributed by atoms with E-state index in [0.717, 1.165) is 6.42 Å². The lowest BCUT2D eigenvalue weighted by molar-refractivity contribution is -0.142. The van der Waals surface area contributed by atoms with Gasteiger partial charge in [0.15, 0.2) is 0 Å². The van der Waals surface area contributed by atoms with Crippen molar-refractivity contribution in [3.63, 3.8) is 0 Å². The number of carboxylic acids is 1. The maximum Gasteiger partial charge on any atom is 0.326 e. The molecule has 0 aliphatic carbocycles. The van der Waals surface area contributed by atoms with E-state index in [0.29, 0.717) is 31.6 Å². The Morgan fingerprint density at radius 3 is 2.06 bits per heavy atom. The van der Waals surface area contributed by atoms with E-state index in [1.54, 1.807) is 0 Å². The predicted octanol–water partition coefficient (Wildman–Crippen LogP) is -0.199. The second-order valence-electron chi connectivity index (χ2n) is 7.67. The first kappa shape index (κ1) is 29.1. The molecule has 180 valence electrons. The van der Waals surface area contributed by atoms with Crippen molar-refractivity contribution < 1.29 is 24.3 Å². The highest BCUT2D eigenvalue weighted by molar-refractivity contribution is 7.98. The number of nitrogens with one attached hydrogen (secondary N) is 3. The second-order valence-corrected chi connectivity index (χ2v) is 8.65. The van der Waals surface area contributed by atoms with Crippen LogP contribution in [0.1, 0.15) is 52.9 Å². The SMILES string of the molecule is CCC(C)C(N)C(=O)NC(CCCCN)C(=O)NC(C)C(=O)NC(CCSC)C(=O)O. The molecule has 5 unspecified atom stereocenters. The van der Waals surface area contributed by atoms with E-state index in [-0.39, 0.29) is 12.3 Å². The zero-order valence-corrected chi connectivity index (χ0v) is 19.8. The fraction of sp³-hybridized carbons (Fsp3) is 0.800. The molecular weight excluding hydrogens is 422 g/mol. The van der Waals surface area contributed by atoms with Crippen LogP contribution in [0, 0.1) is 5.92 Å². The summed E-state index contributed by atoms with van der Waals surface area (Å²) < 4.78 is 0. The number of amides is 3. The molecule has 0 aliphatic heterocycles. The second kappa shape index (κ2) is 15.9. The van der Waals surface area contributed by atoms with E-state index in [1.807, 2.05) is 20.1 Å². The van der Waals surface area contributed by atoms with Gasteiger partial charge in [-0.15, -0.1) is 0 Å². The Labute approximate surface area is 189 Å². The van der Waals surface area contributed by atoms with Crippen LogP contribution in [0.25, 0.3) is 0 Å². The van der Waals surface area contributed by atoms with Gasteiger partial charge in [0.1, 0.15) is 18.1 Å². The minimum atomic E-state index is -1.13. The number of nitrogens with two attached hydrogens (primary N) is 2. The van der Waals surface area contributed by atoms with Crippen molar-refractivity contribution in [1.29, 1.82) is 0 Å². The van der Waals surface area contributed by atoms with Gasteiger partial charge in [0.25, 0.3) is 0 Å². The fourth-order valence-electron chi connectivity index (χ4n) is 2.71. The minimum Gasteiger partial charge on any atom is -0.480 e. The zero-order chi connectivity index (χ0) is 24.0. The Bertz CT molecular complexity index is 592. The Morgan fingerprint density at radius 1 is 0.935 bits per heavy atom. The van der Waals surface area contributed by atoms with Crippen LogP contribution in [0.2, 0.25) is 0 Å². The number of hydrogen-bond acceptors (Lipinski definition) is 7. The molecule has 11 heteroatoms. The minimum absolute atomic E-state index is 0.0494. The lowest BCUT2D eigenvalue weighted by atomic mass is 9.98. The van der Waals surface area contributed by atoms with E-state index in [2.05, 4.69) is 16.0 Å². The van der Waals surface area contributed by atoms with Crippen molar-refractivity contribution in [1.82, 2.24) is 16.0 Å². The molecule has 0 saturated heterocycles. The Hall–Kier alpha value is -1.85. The number of aliphatic carboxylic acids is 1. The van der Waals surface area contributed by atoms with Crippen LogP contribution in [-0.4, -0.2) is 71.5 Å². The molecule has 0 spiro atoms. The molecule has 10 nitrogen and oxygen atoms in total. The lowest BCUT2D eigenvalue weighted by Gasteiger charge is -2.25. The van der Waals surface area contributed by atoms with Crippen molar-refractivity contribution >= 4 is 35.5 Å². The van der Waals surface area contributed by atoms with E-state index in [1.165, 1.54) is 18.7 Å². The van der Waals surface area contributed by atoms with Gasteiger partial charge in [-0.3, -0.25) is 14.4 Å². The molecule has 0 aromatic carbocycles. The summed E-state index contributed by atoms with van der Waals surface area (Å²) in [4.78, 5) is 48.9.